The van der Waals surface area contributed by atoms with Gasteiger partial charge in [0.1, 0.15) is 17.7 Å². The third-order valence-electron chi connectivity index (χ3n) is 5.09. The van der Waals surface area contributed by atoms with E-state index in [0.29, 0.717) is 6.42 Å². The molecule has 1 aromatic carbocycles. The van der Waals surface area contributed by atoms with Crippen LogP contribution in [0.4, 0.5) is 8.78 Å². The second-order valence-corrected chi connectivity index (χ2v) is 9.25. The van der Waals surface area contributed by atoms with Crippen LogP contribution in [0, 0.1) is 11.6 Å². The van der Waals surface area contributed by atoms with E-state index >= 15 is 0 Å². The van der Waals surface area contributed by atoms with Gasteiger partial charge < -0.3 is 14.5 Å². The van der Waals surface area contributed by atoms with E-state index in [0.717, 1.165) is 22.5 Å². The number of furan rings is 1. The first-order valence-corrected chi connectivity index (χ1v) is 11.6. The van der Waals surface area contributed by atoms with E-state index in [1.807, 2.05) is 0 Å². The van der Waals surface area contributed by atoms with Crippen molar-refractivity contribution in [2.45, 2.75) is 50.3 Å². The van der Waals surface area contributed by atoms with E-state index in [1.54, 1.807) is 13.8 Å². The van der Waals surface area contributed by atoms with Crippen molar-refractivity contribution in [3.8, 4) is 0 Å². The Labute approximate surface area is 184 Å². The monoisotopic (exact) mass is 470 g/mol. The summed E-state index contributed by atoms with van der Waals surface area (Å²) in [7, 11) is -4.19. The molecule has 0 aliphatic carbocycles. The lowest BCUT2D eigenvalue weighted by molar-refractivity contribution is -0.124. The van der Waals surface area contributed by atoms with Crippen LogP contribution in [0.1, 0.15) is 42.8 Å². The first kappa shape index (κ1) is 23.9. The largest absolute Gasteiger partial charge is 0.460 e. The van der Waals surface area contributed by atoms with Crippen LogP contribution < -0.4 is 5.32 Å². The van der Waals surface area contributed by atoms with Crippen molar-refractivity contribution in [3.63, 3.8) is 0 Å². The molecular weight excluding hydrogens is 446 g/mol. The molecule has 174 valence electrons. The highest BCUT2D eigenvalue weighted by molar-refractivity contribution is 7.89. The normalized spacial score (nSPS) is 17.8. The van der Waals surface area contributed by atoms with Gasteiger partial charge in [0, 0.05) is 18.2 Å². The van der Waals surface area contributed by atoms with E-state index in [-0.39, 0.29) is 37.3 Å². The molecule has 0 bridgehead atoms. The fraction of sp³-hybridized carbons (Fsp3) is 0.429. The number of sulfonamides is 1. The van der Waals surface area contributed by atoms with Crippen molar-refractivity contribution in [2.75, 3.05) is 13.2 Å². The zero-order valence-electron chi connectivity index (χ0n) is 17.6. The number of amides is 1. The summed E-state index contributed by atoms with van der Waals surface area (Å²) in [4.78, 5) is 24.5. The van der Waals surface area contributed by atoms with Crippen LogP contribution >= 0.6 is 0 Å². The van der Waals surface area contributed by atoms with Crippen LogP contribution in [0.2, 0.25) is 0 Å². The zero-order valence-corrected chi connectivity index (χ0v) is 18.5. The van der Waals surface area contributed by atoms with Crippen molar-refractivity contribution in [1.29, 1.82) is 0 Å². The molecule has 1 fully saturated rings. The minimum atomic E-state index is -4.19. The number of carbonyl (C=O) groups excluding carboxylic acids is 2. The van der Waals surface area contributed by atoms with Gasteiger partial charge in [-0.25, -0.2) is 22.0 Å². The fourth-order valence-electron chi connectivity index (χ4n) is 3.60. The van der Waals surface area contributed by atoms with Gasteiger partial charge in [0.15, 0.2) is 0 Å². The molecule has 2 heterocycles. The van der Waals surface area contributed by atoms with Gasteiger partial charge in [-0.15, -0.1) is 0 Å². The van der Waals surface area contributed by atoms with Gasteiger partial charge in [-0.1, -0.05) is 6.07 Å². The molecule has 2 aromatic rings. The molecule has 0 saturated carbocycles. The lowest BCUT2D eigenvalue weighted by Crippen LogP contribution is -2.48. The van der Waals surface area contributed by atoms with Gasteiger partial charge in [0.25, 0.3) is 10.0 Å². The first-order valence-electron chi connectivity index (χ1n) is 10.2. The molecule has 1 saturated heterocycles. The predicted molar refractivity (Wildman–Crippen MR) is 109 cm³/mol. The third kappa shape index (κ3) is 4.99. The highest BCUT2D eigenvalue weighted by Gasteiger charge is 2.41. The molecular formula is C21H24F2N2O6S. The quantitative estimate of drug-likeness (QED) is 0.595. The Hall–Kier alpha value is -2.79. The molecule has 2 atom stereocenters. The summed E-state index contributed by atoms with van der Waals surface area (Å²) in [6.45, 7) is 3.38. The van der Waals surface area contributed by atoms with E-state index in [9.17, 15) is 26.8 Å². The third-order valence-corrected chi connectivity index (χ3v) is 6.87. The minimum Gasteiger partial charge on any atom is -0.460 e. The van der Waals surface area contributed by atoms with E-state index in [1.165, 1.54) is 12.1 Å². The minimum absolute atomic E-state index is 0.0895. The molecule has 1 aromatic heterocycles. The molecule has 32 heavy (non-hydrogen) atoms. The average molecular weight is 470 g/mol. The highest BCUT2D eigenvalue weighted by atomic mass is 32.2. The molecule has 1 N–H and O–H groups in total. The van der Waals surface area contributed by atoms with Gasteiger partial charge >= 0.3 is 5.97 Å². The van der Waals surface area contributed by atoms with Crippen LogP contribution in [-0.4, -0.2) is 49.8 Å². The molecule has 3 rings (SSSR count). The van der Waals surface area contributed by atoms with Gasteiger partial charge in [-0.05, 0) is 57.4 Å². The van der Waals surface area contributed by atoms with Gasteiger partial charge in [-0.2, -0.15) is 4.31 Å². The number of hydrogen-bond donors (Lipinski definition) is 1. The molecule has 0 radical (unpaired) electrons. The summed E-state index contributed by atoms with van der Waals surface area (Å²) in [5, 5.41) is 2.16. The molecule has 0 spiro atoms. The summed E-state index contributed by atoms with van der Waals surface area (Å²) >= 11 is 0. The van der Waals surface area contributed by atoms with Crippen LogP contribution in [0.3, 0.4) is 0 Å². The van der Waals surface area contributed by atoms with Gasteiger partial charge in [0.05, 0.1) is 6.61 Å². The second kappa shape index (κ2) is 9.78. The molecule has 1 aliphatic rings. The number of hydrogen-bond acceptors (Lipinski definition) is 6. The van der Waals surface area contributed by atoms with E-state index in [4.69, 9.17) is 9.15 Å². The maximum absolute atomic E-state index is 13.9. The maximum Gasteiger partial charge on any atom is 0.374 e. The highest BCUT2D eigenvalue weighted by Crippen LogP contribution is 2.28. The fourth-order valence-corrected chi connectivity index (χ4v) is 5.17. The van der Waals surface area contributed by atoms with Crippen molar-refractivity contribution < 1.29 is 35.9 Å². The first-order chi connectivity index (χ1) is 15.1. The predicted octanol–water partition coefficient (Wildman–Crippen LogP) is 2.64. The molecule has 1 amide bonds. The smallest absolute Gasteiger partial charge is 0.374 e. The Balaban J connectivity index is 1.71. The van der Waals surface area contributed by atoms with Crippen LogP contribution in [0.15, 0.2) is 39.8 Å². The molecule has 11 heteroatoms. The molecule has 8 nitrogen and oxygen atoms in total. The van der Waals surface area contributed by atoms with Crippen molar-refractivity contribution >= 4 is 21.9 Å². The average Bonchev–Trinajstić information content (AvgIpc) is 3.41. The summed E-state index contributed by atoms with van der Waals surface area (Å²) in [5.74, 6) is -3.06. The number of halogens is 2. The summed E-state index contributed by atoms with van der Waals surface area (Å²) < 4.78 is 64.7. The standard InChI is InChI=1S/C21H24F2N2O6S/c1-3-30-21(27)18-9-10-19(31-18)32(28,29)25-11-5-8-17(25)20(26)24-13(2)12-14-15(22)6-4-7-16(14)23/h4,6-7,9-10,13,17H,3,5,8,11-12H2,1-2H3,(H,24,26). The second-order valence-electron chi connectivity index (χ2n) is 7.43. The number of esters is 1. The number of carbonyl (C=O) groups is 2. The summed E-state index contributed by atoms with van der Waals surface area (Å²) in [5.41, 5.74) is -0.154. The number of nitrogens with zero attached hydrogens (tertiary/aromatic N) is 1. The Morgan fingerprint density at radius 2 is 1.94 bits per heavy atom. The van der Waals surface area contributed by atoms with Crippen LogP contribution in [-0.2, 0) is 26.0 Å². The maximum atomic E-state index is 13.9. The summed E-state index contributed by atoms with van der Waals surface area (Å²) in [6, 6.07) is 4.19. The van der Waals surface area contributed by atoms with Crippen molar-refractivity contribution in [2.24, 2.45) is 0 Å². The van der Waals surface area contributed by atoms with Crippen LogP contribution in [0.5, 0.6) is 0 Å². The van der Waals surface area contributed by atoms with Crippen molar-refractivity contribution in [3.05, 3.63) is 53.3 Å². The van der Waals surface area contributed by atoms with Gasteiger partial charge in [-0.3, -0.25) is 4.79 Å². The van der Waals surface area contributed by atoms with E-state index < -0.39 is 50.7 Å². The Morgan fingerprint density at radius 1 is 1.25 bits per heavy atom. The number of rotatable bonds is 8. The Bertz CT molecular complexity index is 1080. The lowest BCUT2D eigenvalue weighted by atomic mass is 10.1. The number of benzene rings is 1. The number of ether oxygens (including phenoxy) is 1. The molecule has 1 aliphatic heterocycles. The van der Waals surface area contributed by atoms with Crippen molar-refractivity contribution in [1.82, 2.24) is 9.62 Å². The molecule has 2 unspecified atom stereocenters. The lowest BCUT2D eigenvalue weighted by Gasteiger charge is -2.24. The summed E-state index contributed by atoms with van der Waals surface area (Å²) in [6.07, 6.45) is 0.626. The number of nitrogens with one attached hydrogen (secondary N) is 1. The Morgan fingerprint density at radius 3 is 2.59 bits per heavy atom. The SMILES string of the molecule is CCOC(=O)c1ccc(S(=O)(=O)N2CCCC2C(=O)NC(C)Cc2c(F)cccc2F)o1. The zero-order chi connectivity index (χ0) is 23.5. The Kier molecular flexibility index (Phi) is 7.29. The van der Waals surface area contributed by atoms with Gasteiger partial charge in [0.2, 0.25) is 16.8 Å². The van der Waals surface area contributed by atoms with Crippen LogP contribution in [0.25, 0.3) is 0 Å². The van der Waals surface area contributed by atoms with E-state index in [2.05, 4.69) is 5.32 Å². The topological polar surface area (TPSA) is 106 Å².